The minimum atomic E-state index is -1.03. The molecule has 2 rings (SSSR count). The molecule has 1 aromatic carbocycles. The zero-order valence-electron chi connectivity index (χ0n) is 11.9. The summed E-state index contributed by atoms with van der Waals surface area (Å²) in [4.78, 5) is 24.3. The van der Waals surface area contributed by atoms with Crippen molar-refractivity contribution in [2.45, 2.75) is 25.4 Å². The van der Waals surface area contributed by atoms with E-state index in [-0.39, 0.29) is 18.6 Å². The summed E-state index contributed by atoms with van der Waals surface area (Å²) in [5.41, 5.74) is 0.719. The van der Waals surface area contributed by atoms with Gasteiger partial charge < -0.3 is 19.5 Å². The normalized spacial score (nSPS) is 18.0. The van der Waals surface area contributed by atoms with Crippen molar-refractivity contribution in [1.82, 2.24) is 0 Å². The molecular formula is C15H19NO5. The van der Waals surface area contributed by atoms with Crippen molar-refractivity contribution in [2.24, 2.45) is 0 Å². The number of anilines is 1. The van der Waals surface area contributed by atoms with E-state index < -0.39 is 5.97 Å². The maximum Gasteiger partial charge on any atom is 0.341 e. The third-order valence-electron chi connectivity index (χ3n) is 3.37. The van der Waals surface area contributed by atoms with Crippen molar-refractivity contribution in [3.05, 3.63) is 24.3 Å². The van der Waals surface area contributed by atoms with Crippen molar-refractivity contribution in [3.63, 3.8) is 0 Å². The first-order valence-electron chi connectivity index (χ1n) is 6.92. The quantitative estimate of drug-likeness (QED) is 0.894. The van der Waals surface area contributed by atoms with E-state index in [2.05, 4.69) is 0 Å². The molecule has 1 saturated heterocycles. The minimum Gasteiger partial charge on any atom is -0.482 e. The first-order chi connectivity index (χ1) is 10.1. The van der Waals surface area contributed by atoms with E-state index >= 15 is 0 Å². The van der Waals surface area contributed by atoms with E-state index in [4.69, 9.17) is 14.6 Å². The molecule has 1 atom stereocenters. The number of carboxylic acid groups (broad SMARTS) is 1. The van der Waals surface area contributed by atoms with Gasteiger partial charge in [0.2, 0.25) is 0 Å². The highest BCUT2D eigenvalue weighted by molar-refractivity contribution is 5.96. The Morgan fingerprint density at radius 3 is 2.62 bits per heavy atom. The molecule has 1 aliphatic heterocycles. The van der Waals surface area contributed by atoms with E-state index in [0.29, 0.717) is 12.4 Å². The number of carbonyl (C=O) groups excluding carboxylic acids is 1. The molecule has 114 valence electrons. The van der Waals surface area contributed by atoms with Crippen LogP contribution in [0.5, 0.6) is 5.75 Å². The molecule has 0 saturated carbocycles. The number of likely N-dealkylation sites (N-methyl/N-ethyl adjacent to an activating group) is 1. The molecule has 1 heterocycles. The van der Waals surface area contributed by atoms with Crippen LogP contribution in [-0.4, -0.2) is 43.3 Å². The van der Waals surface area contributed by atoms with Gasteiger partial charge in [-0.05, 0) is 43.5 Å². The van der Waals surface area contributed by atoms with Gasteiger partial charge in [-0.1, -0.05) is 0 Å². The highest BCUT2D eigenvalue weighted by Gasteiger charge is 2.25. The highest BCUT2D eigenvalue weighted by atomic mass is 16.5. The minimum absolute atomic E-state index is 0.0612. The third kappa shape index (κ3) is 4.19. The smallest absolute Gasteiger partial charge is 0.341 e. The number of benzene rings is 1. The topological polar surface area (TPSA) is 76.1 Å². The zero-order chi connectivity index (χ0) is 15.2. The first kappa shape index (κ1) is 15.3. The SMILES string of the molecule is CN(C(=O)C1CCCCO1)c1ccc(OCC(=O)O)cc1. The lowest BCUT2D eigenvalue weighted by Gasteiger charge is -2.26. The van der Waals surface area contributed by atoms with Crippen molar-refractivity contribution < 1.29 is 24.2 Å². The molecule has 1 amide bonds. The average Bonchev–Trinajstić information content (AvgIpc) is 2.53. The second-order valence-electron chi connectivity index (χ2n) is 4.93. The van der Waals surface area contributed by atoms with E-state index in [1.54, 1.807) is 36.2 Å². The standard InChI is InChI=1S/C15H19NO5/c1-16(15(19)13-4-2-3-9-20-13)11-5-7-12(8-6-11)21-10-14(17)18/h5-8,13H,2-4,9-10H2,1H3,(H,17,18). The summed E-state index contributed by atoms with van der Waals surface area (Å²) in [6, 6.07) is 6.73. The number of aliphatic carboxylic acids is 1. The van der Waals surface area contributed by atoms with Crippen molar-refractivity contribution in [2.75, 3.05) is 25.2 Å². The maximum atomic E-state index is 12.3. The monoisotopic (exact) mass is 293 g/mol. The van der Waals surface area contributed by atoms with Gasteiger partial charge in [-0.3, -0.25) is 4.79 Å². The predicted octanol–water partition coefficient (Wildman–Crippen LogP) is 1.68. The second kappa shape index (κ2) is 7.08. The number of rotatable bonds is 5. The lowest BCUT2D eigenvalue weighted by molar-refractivity contribution is -0.139. The first-order valence-corrected chi connectivity index (χ1v) is 6.92. The molecule has 1 aliphatic rings. The summed E-state index contributed by atoms with van der Waals surface area (Å²) in [6.45, 7) is 0.246. The Balaban J connectivity index is 1.96. The van der Waals surface area contributed by atoms with Crippen LogP contribution in [0.15, 0.2) is 24.3 Å². The Bertz CT molecular complexity index is 493. The molecule has 21 heavy (non-hydrogen) atoms. The number of ether oxygens (including phenoxy) is 2. The van der Waals surface area contributed by atoms with Crippen LogP contribution in [0, 0.1) is 0 Å². The van der Waals surface area contributed by atoms with Crippen LogP contribution in [0.25, 0.3) is 0 Å². The molecule has 1 aromatic rings. The number of amides is 1. The lowest BCUT2D eigenvalue weighted by Crippen LogP contribution is -2.39. The van der Waals surface area contributed by atoms with Crippen LogP contribution in [0.2, 0.25) is 0 Å². The Morgan fingerprint density at radius 2 is 2.05 bits per heavy atom. The number of hydrogen-bond donors (Lipinski definition) is 1. The van der Waals surface area contributed by atoms with E-state index in [9.17, 15) is 9.59 Å². The van der Waals surface area contributed by atoms with Gasteiger partial charge in [0, 0.05) is 19.3 Å². The van der Waals surface area contributed by atoms with Gasteiger partial charge in [0.1, 0.15) is 11.9 Å². The van der Waals surface area contributed by atoms with E-state index in [1.807, 2.05) is 0 Å². The van der Waals surface area contributed by atoms with Crippen LogP contribution < -0.4 is 9.64 Å². The van der Waals surface area contributed by atoms with Crippen molar-refractivity contribution >= 4 is 17.6 Å². The molecule has 1 fully saturated rings. The zero-order valence-corrected chi connectivity index (χ0v) is 11.9. The Morgan fingerprint density at radius 1 is 1.33 bits per heavy atom. The number of carboxylic acids is 1. The maximum absolute atomic E-state index is 12.3. The van der Waals surface area contributed by atoms with Crippen molar-refractivity contribution in [3.8, 4) is 5.75 Å². The van der Waals surface area contributed by atoms with Crippen LogP contribution in [-0.2, 0) is 14.3 Å². The average molecular weight is 293 g/mol. The van der Waals surface area contributed by atoms with Gasteiger partial charge in [0.15, 0.2) is 6.61 Å². The Labute approximate surface area is 123 Å². The summed E-state index contributed by atoms with van der Waals surface area (Å²) >= 11 is 0. The Hall–Kier alpha value is -2.08. The summed E-state index contributed by atoms with van der Waals surface area (Å²) in [7, 11) is 1.70. The van der Waals surface area contributed by atoms with E-state index in [1.165, 1.54) is 0 Å². The summed E-state index contributed by atoms with van der Waals surface area (Å²) in [6.07, 6.45) is 2.39. The highest BCUT2D eigenvalue weighted by Crippen LogP contribution is 2.21. The fourth-order valence-corrected chi connectivity index (χ4v) is 2.19. The number of hydrogen-bond acceptors (Lipinski definition) is 4. The molecule has 0 radical (unpaired) electrons. The van der Waals surface area contributed by atoms with Gasteiger partial charge in [0.05, 0.1) is 0 Å². The molecule has 1 N–H and O–H groups in total. The van der Waals surface area contributed by atoms with Crippen LogP contribution in [0.4, 0.5) is 5.69 Å². The lowest BCUT2D eigenvalue weighted by atomic mass is 10.1. The molecule has 6 nitrogen and oxygen atoms in total. The van der Waals surface area contributed by atoms with Gasteiger partial charge in [0.25, 0.3) is 5.91 Å². The van der Waals surface area contributed by atoms with Gasteiger partial charge in [-0.15, -0.1) is 0 Å². The molecule has 0 bridgehead atoms. The number of nitrogens with zero attached hydrogens (tertiary/aromatic N) is 1. The Kier molecular flexibility index (Phi) is 5.16. The number of carbonyl (C=O) groups is 2. The van der Waals surface area contributed by atoms with E-state index in [0.717, 1.165) is 24.9 Å². The second-order valence-corrected chi connectivity index (χ2v) is 4.93. The summed E-state index contributed by atoms with van der Waals surface area (Å²) in [5.74, 6) is -0.634. The fourth-order valence-electron chi connectivity index (χ4n) is 2.19. The summed E-state index contributed by atoms with van der Waals surface area (Å²) < 4.78 is 10.5. The largest absolute Gasteiger partial charge is 0.482 e. The molecule has 1 unspecified atom stereocenters. The summed E-state index contributed by atoms with van der Waals surface area (Å²) in [5, 5.41) is 8.54. The van der Waals surface area contributed by atoms with Gasteiger partial charge >= 0.3 is 5.97 Å². The van der Waals surface area contributed by atoms with Gasteiger partial charge in [-0.25, -0.2) is 4.79 Å². The molecular weight excluding hydrogens is 274 g/mol. The molecule has 0 aromatic heterocycles. The van der Waals surface area contributed by atoms with Crippen LogP contribution in [0.3, 0.4) is 0 Å². The van der Waals surface area contributed by atoms with Crippen molar-refractivity contribution in [1.29, 1.82) is 0 Å². The molecule has 0 aliphatic carbocycles. The van der Waals surface area contributed by atoms with Gasteiger partial charge in [-0.2, -0.15) is 0 Å². The van der Waals surface area contributed by atoms with Crippen LogP contribution >= 0.6 is 0 Å². The predicted molar refractivity (Wildman–Crippen MR) is 76.6 cm³/mol. The molecule has 6 heteroatoms. The van der Waals surface area contributed by atoms with Crippen LogP contribution in [0.1, 0.15) is 19.3 Å². The third-order valence-corrected chi connectivity index (χ3v) is 3.37. The molecule has 0 spiro atoms. The fraction of sp³-hybridized carbons (Fsp3) is 0.467.